The zero-order valence-electron chi connectivity index (χ0n) is 10.1. The Labute approximate surface area is 111 Å². The number of sulfone groups is 1. The predicted molar refractivity (Wildman–Crippen MR) is 73.3 cm³/mol. The third kappa shape index (κ3) is 5.08. The molecule has 0 fully saturated rings. The van der Waals surface area contributed by atoms with Gasteiger partial charge in [0, 0.05) is 10.2 Å². The fraction of sp³-hybridized carbons (Fsp3) is 0.500. The van der Waals surface area contributed by atoms with Crippen molar-refractivity contribution in [2.75, 3.05) is 18.1 Å². The number of rotatable bonds is 6. The van der Waals surface area contributed by atoms with E-state index in [1.807, 2.05) is 25.1 Å². The summed E-state index contributed by atoms with van der Waals surface area (Å²) in [5.74, 6) is 1.19. The molecule has 17 heavy (non-hydrogen) atoms. The van der Waals surface area contributed by atoms with Crippen molar-refractivity contribution in [3.63, 3.8) is 0 Å². The standard InChI is InChI=1S/C12H17BrO3S/c1-3-17(14,15)8-4-7-16-12-9-11(13)6-5-10(12)2/h5-6,9H,3-4,7-8H2,1-2H3. The summed E-state index contributed by atoms with van der Waals surface area (Å²) < 4.78 is 29.1. The lowest BCUT2D eigenvalue weighted by Crippen LogP contribution is -2.12. The van der Waals surface area contributed by atoms with Crippen LogP contribution in [0.4, 0.5) is 0 Å². The van der Waals surface area contributed by atoms with Crippen molar-refractivity contribution in [1.29, 1.82) is 0 Å². The molecule has 0 heterocycles. The third-order valence-corrected chi connectivity index (χ3v) is 4.73. The number of aryl methyl sites for hydroxylation is 1. The minimum absolute atomic E-state index is 0.191. The van der Waals surface area contributed by atoms with E-state index in [2.05, 4.69) is 15.9 Å². The van der Waals surface area contributed by atoms with E-state index >= 15 is 0 Å². The van der Waals surface area contributed by atoms with Gasteiger partial charge in [0.2, 0.25) is 0 Å². The first-order valence-electron chi connectivity index (χ1n) is 5.54. The molecule has 0 aliphatic heterocycles. The summed E-state index contributed by atoms with van der Waals surface area (Å²) in [6, 6.07) is 5.80. The van der Waals surface area contributed by atoms with Crippen LogP contribution in [0.3, 0.4) is 0 Å². The van der Waals surface area contributed by atoms with Crippen molar-refractivity contribution >= 4 is 25.8 Å². The number of hydrogen-bond donors (Lipinski definition) is 0. The molecule has 0 spiro atoms. The van der Waals surface area contributed by atoms with E-state index < -0.39 is 9.84 Å². The molecule has 1 rings (SSSR count). The molecule has 0 saturated heterocycles. The van der Waals surface area contributed by atoms with E-state index in [-0.39, 0.29) is 11.5 Å². The lowest BCUT2D eigenvalue weighted by Gasteiger charge is -2.09. The van der Waals surface area contributed by atoms with Crippen LogP contribution in [0.15, 0.2) is 22.7 Å². The molecule has 0 atom stereocenters. The molecule has 0 aliphatic carbocycles. The smallest absolute Gasteiger partial charge is 0.150 e. The summed E-state index contributed by atoms with van der Waals surface area (Å²) in [4.78, 5) is 0. The van der Waals surface area contributed by atoms with Gasteiger partial charge in [-0.15, -0.1) is 0 Å². The van der Waals surface area contributed by atoms with Crippen LogP contribution in [0.2, 0.25) is 0 Å². The summed E-state index contributed by atoms with van der Waals surface area (Å²) >= 11 is 3.37. The van der Waals surface area contributed by atoms with Crippen LogP contribution in [0.5, 0.6) is 5.75 Å². The monoisotopic (exact) mass is 320 g/mol. The summed E-state index contributed by atoms with van der Waals surface area (Å²) in [6.45, 7) is 4.05. The van der Waals surface area contributed by atoms with Gasteiger partial charge < -0.3 is 4.74 Å². The average Bonchev–Trinajstić information content (AvgIpc) is 2.29. The van der Waals surface area contributed by atoms with Crippen LogP contribution in [0.1, 0.15) is 18.9 Å². The van der Waals surface area contributed by atoms with Gasteiger partial charge in [0.05, 0.1) is 12.4 Å². The topological polar surface area (TPSA) is 43.4 Å². The highest BCUT2D eigenvalue weighted by Gasteiger charge is 2.07. The van der Waals surface area contributed by atoms with Gasteiger partial charge in [-0.2, -0.15) is 0 Å². The van der Waals surface area contributed by atoms with Crippen LogP contribution in [0, 0.1) is 6.92 Å². The molecular weight excluding hydrogens is 304 g/mol. The second kappa shape index (κ2) is 6.40. The van der Waals surface area contributed by atoms with E-state index in [0.29, 0.717) is 13.0 Å². The van der Waals surface area contributed by atoms with E-state index in [4.69, 9.17) is 4.74 Å². The number of ether oxygens (including phenoxy) is 1. The average molecular weight is 321 g/mol. The first-order chi connectivity index (χ1) is 7.94. The van der Waals surface area contributed by atoms with Crippen molar-refractivity contribution in [2.24, 2.45) is 0 Å². The highest BCUT2D eigenvalue weighted by Crippen LogP contribution is 2.22. The molecule has 0 radical (unpaired) electrons. The molecule has 5 heteroatoms. The molecular formula is C12H17BrO3S. The van der Waals surface area contributed by atoms with Gasteiger partial charge in [0.15, 0.2) is 0 Å². The Hall–Kier alpha value is -0.550. The van der Waals surface area contributed by atoms with Crippen molar-refractivity contribution in [2.45, 2.75) is 20.3 Å². The second-order valence-corrected chi connectivity index (χ2v) is 7.24. The summed E-state index contributed by atoms with van der Waals surface area (Å²) in [5.41, 5.74) is 1.05. The first-order valence-corrected chi connectivity index (χ1v) is 8.15. The highest BCUT2D eigenvalue weighted by atomic mass is 79.9. The predicted octanol–water partition coefficient (Wildman–Crippen LogP) is 2.96. The molecule has 3 nitrogen and oxygen atoms in total. The molecule has 1 aromatic carbocycles. The molecule has 0 unspecified atom stereocenters. The van der Waals surface area contributed by atoms with Gasteiger partial charge in [0.25, 0.3) is 0 Å². The quantitative estimate of drug-likeness (QED) is 0.757. The number of halogens is 1. The zero-order chi connectivity index (χ0) is 12.9. The summed E-state index contributed by atoms with van der Waals surface area (Å²) in [6.07, 6.45) is 0.530. The van der Waals surface area contributed by atoms with Gasteiger partial charge in [-0.25, -0.2) is 8.42 Å². The Bertz CT molecular complexity index is 469. The Morgan fingerprint density at radius 2 is 2.06 bits per heavy atom. The Kier molecular flexibility index (Phi) is 5.46. The van der Waals surface area contributed by atoms with Gasteiger partial charge in [-0.05, 0) is 31.0 Å². The molecule has 1 aromatic rings. The van der Waals surface area contributed by atoms with E-state index in [1.165, 1.54) is 0 Å². The van der Waals surface area contributed by atoms with Crippen LogP contribution in [0.25, 0.3) is 0 Å². The second-order valence-electron chi connectivity index (χ2n) is 3.85. The normalized spacial score (nSPS) is 11.5. The Morgan fingerprint density at radius 1 is 1.35 bits per heavy atom. The van der Waals surface area contributed by atoms with E-state index in [9.17, 15) is 8.42 Å². The fourth-order valence-electron chi connectivity index (χ4n) is 1.33. The van der Waals surface area contributed by atoms with Gasteiger partial charge in [-0.3, -0.25) is 0 Å². The molecule has 0 aromatic heterocycles. The fourth-order valence-corrected chi connectivity index (χ4v) is 2.52. The van der Waals surface area contributed by atoms with Crippen LogP contribution in [-0.2, 0) is 9.84 Å². The van der Waals surface area contributed by atoms with E-state index in [1.54, 1.807) is 6.92 Å². The lowest BCUT2D eigenvalue weighted by molar-refractivity contribution is 0.315. The SMILES string of the molecule is CCS(=O)(=O)CCCOc1cc(Br)ccc1C. The minimum Gasteiger partial charge on any atom is -0.493 e. The molecule has 0 N–H and O–H groups in total. The van der Waals surface area contributed by atoms with Gasteiger partial charge in [-0.1, -0.05) is 28.9 Å². The maximum absolute atomic E-state index is 11.3. The number of hydrogen-bond acceptors (Lipinski definition) is 3. The largest absolute Gasteiger partial charge is 0.493 e. The zero-order valence-corrected chi connectivity index (χ0v) is 12.5. The summed E-state index contributed by atoms with van der Waals surface area (Å²) in [7, 11) is -2.88. The molecule has 96 valence electrons. The molecule has 0 bridgehead atoms. The lowest BCUT2D eigenvalue weighted by atomic mass is 10.2. The van der Waals surface area contributed by atoms with E-state index in [0.717, 1.165) is 15.8 Å². The maximum atomic E-state index is 11.3. The van der Waals surface area contributed by atoms with Crippen molar-refractivity contribution in [1.82, 2.24) is 0 Å². The maximum Gasteiger partial charge on any atom is 0.150 e. The Morgan fingerprint density at radius 3 is 2.71 bits per heavy atom. The first kappa shape index (κ1) is 14.5. The highest BCUT2D eigenvalue weighted by molar-refractivity contribution is 9.10. The molecule has 0 amide bonds. The molecule has 0 saturated carbocycles. The van der Waals surface area contributed by atoms with Crippen molar-refractivity contribution in [3.05, 3.63) is 28.2 Å². The van der Waals surface area contributed by atoms with Crippen LogP contribution >= 0.6 is 15.9 Å². The van der Waals surface area contributed by atoms with Crippen molar-refractivity contribution in [3.8, 4) is 5.75 Å². The van der Waals surface area contributed by atoms with Crippen LogP contribution < -0.4 is 4.74 Å². The third-order valence-electron chi connectivity index (χ3n) is 2.45. The number of benzene rings is 1. The molecule has 0 aliphatic rings. The van der Waals surface area contributed by atoms with Crippen molar-refractivity contribution < 1.29 is 13.2 Å². The van der Waals surface area contributed by atoms with Gasteiger partial charge >= 0.3 is 0 Å². The Balaban J connectivity index is 2.44. The minimum atomic E-state index is -2.88. The summed E-state index contributed by atoms with van der Waals surface area (Å²) in [5, 5.41) is 0. The van der Waals surface area contributed by atoms with Gasteiger partial charge in [0.1, 0.15) is 15.6 Å². The van der Waals surface area contributed by atoms with Crippen LogP contribution in [-0.4, -0.2) is 26.5 Å².